The van der Waals surface area contributed by atoms with Gasteiger partial charge in [-0.05, 0) is 59.1 Å². The molecule has 0 bridgehead atoms. The molecular weight excluding hydrogens is 293 g/mol. The Bertz CT molecular complexity index is 582. The molecule has 0 aliphatic carbocycles. The van der Waals surface area contributed by atoms with Crippen molar-refractivity contribution in [2.24, 2.45) is 0 Å². The molecule has 1 heterocycles. The SMILES string of the molecule is COC(C)(C)C(=O)Nc1cccc(B2OC(C)(C)C(C)(C)O2)c1. The highest BCUT2D eigenvalue weighted by Crippen LogP contribution is 2.36. The molecule has 126 valence electrons. The van der Waals surface area contributed by atoms with Crippen molar-refractivity contribution in [1.82, 2.24) is 0 Å². The van der Waals surface area contributed by atoms with Gasteiger partial charge in [-0.1, -0.05) is 12.1 Å². The van der Waals surface area contributed by atoms with Crippen LogP contribution in [0.15, 0.2) is 24.3 Å². The lowest BCUT2D eigenvalue weighted by Crippen LogP contribution is -2.41. The van der Waals surface area contributed by atoms with Gasteiger partial charge in [0.2, 0.25) is 0 Å². The maximum absolute atomic E-state index is 12.2. The minimum Gasteiger partial charge on any atom is -0.399 e. The molecule has 23 heavy (non-hydrogen) atoms. The molecule has 0 radical (unpaired) electrons. The molecule has 1 amide bonds. The monoisotopic (exact) mass is 319 g/mol. The minimum absolute atomic E-state index is 0.203. The number of anilines is 1. The maximum atomic E-state index is 12.2. The Morgan fingerprint density at radius 2 is 1.74 bits per heavy atom. The summed E-state index contributed by atoms with van der Waals surface area (Å²) < 4.78 is 17.3. The standard InChI is InChI=1S/C17H26BNO4/c1-15(2,21-7)14(20)19-13-10-8-9-12(11-13)18-22-16(3,4)17(5,6)23-18/h8-11H,1-7H3,(H,19,20). The van der Waals surface area contributed by atoms with E-state index >= 15 is 0 Å². The Morgan fingerprint density at radius 1 is 1.17 bits per heavy atom. The second-order valence-corrected chi connectivity index (χ2v) is 7.38. The Morgan fingerprint density at radius 3 is 2.26 bits per heavy atom. The molecule has 1 aromatic carbocycles. The molecule has 1 aromatic rings. The summed E-state index contributed by atoms with van der Waals surface area (Å²) in [5, 5.41) is 2.86. The van der Waals surface area contributed by atoms with Crippen molar-refractivity contribution in [2.75, 3.05) is 12.4 Å². The number of amides is 1. The third kappa shape index (κ3) is 3.60. The number of methoxy groups -OCH3 is 1. The van der Waals surface area contributed by atoms with Crippen molar-refractivity contribution in [2.45, 2.75) is 58.3 Å². The molecule has 0 unspecified atom stereocenters. The zero-order chi connectivity index (χ0) is 17.5. The van der Waals surface area contributed by atoms with E-state index in [0.717, 1.165) is 5.46 Å². The summed E-state index contributed by atoms with van der Waals surface area (Å²) in [6.45, 7) is 11.5. The number of benzene rings is 1. The fourth-order valence-corrected chi connectivity index (χ4v) is 2.12. The van der Waals surface area contributed by atoms with Crippen molar-refractivity contribution in [3.63, 3.8) is 0 Å². The van der Waals surface area contributed by atoms with Gasteiger partial charge in [0.1, 0.15) is 5.60 Å². The van der Waals surface area contributed by atoms with Crippen LogP contribution < -0.4 is 10.8 Å². The molecule has 0 spiro atoms. The van der Waals surface area contributed by atoms with Crippen LogP contribution in [0.4, 0.5) is 5.69 Å². The summed E-state index contributed by atoms with van der Waals surface area (Å²) >= 11 is 0. The first-order chi connectivity index (χ1) is 10.5. The molecule has 1 aliphatic heterocycles. The summed E-state index contributed by atoms with van der Waals surface area (Å²) in [6.07, 6.45) is 0. The number of rotatable bonds is 4. The Hall–Kier alpha value is -1.37. The average Bonchev–Trinajstić information content (AvgIpc) is 2.68. The number of hydrogen-bond donors (Lipinski definition) is 1. The topological polar surface area (TPSA) is 56.8 Å². The summed E-state index contributed by atoms with van der Waals surface area (Å²) in [5.41, 5.74) is -0.117. The van der Waals surface area contributed by atoms with Crippen LogP contribution in [-0.4, -0.2) is 36.9 Å². The molecule has 1 saturated heterocycles. The summed E-state index contributed by atoms with van der Waals surface area (Å²) in [7, 11) is 1.06. The number of hydrogen-bond acceptors (Lipinski definition) is 4. The van der Waals surface area contributed by atoms with E-state index < -0.39 is 23.9 Å². The van der Waals surface area contributed by atoms with Gasteiger partial charge in [0.15, 0.2) is 0 Å². The van der Waals surface area contributed by atoms with Crippen molar-refractivity contribution < 1.29 is 18.8 Å². The molecule has 0 aromatic heterocycles. The van der Waals surface area contributed by atoms with Gasteiger partial charge >= 0.3 is 7.12 Å². The fourth-order valence-electron chi connectivity index (χ4n) is 2.12. The minimum atomic E-state index is -0.889. The second-order valence-electron chi connectivity index (χ2n) is 7.38. The molecular formula is C17H26BNO4. The summed E-state index contributed by atoms with van der Waals surface area (Å²) in [4.78, 5) is 12.2. The predicted molar refractivity (Wildman–Crippen MR) is 91.9 cm³/mol. The van der Waals surface area contributed by atoms with E-state index in [1.165, 1.54) is 7.11 Å². The molecule has 0 atom stereocenters. The molecule has 1 fully saturated rings. The highest BCUT2D eigenvalue weighted by atomic mass is 16.7. The number of carbonyl (C=O) groups is 1. The van der Waals surface area contributed by atoms with E-state index in [1.54, 1.807) is 13.8 Å². The van der Waals surface area contributed by atoms with Crippen LogP contribution in [0.1, 0.15) is 41.5 Å². The molecule has 5 nitrogen and oxygen atoms in total. The summed E-state index contributed by atoms with van der Waals surface area (Å²) in [5.74, 6) is -0.203. The van der Waals surface area contributed by atoms with Gasteiger partial charge < -0.3 is 19.4 Å². The van der Waals surface area contributed by atoms with E-state index in [1.807, 2.05) is 52.0 Å². The quantitative estimate of drug-likeness (QED) is 0.866. The van der Waals surface area contributed by atoms with Crippen molar-refractivity contribution >= 4 is 24.2 Å². The lowest BCUT2D eigenvalue weighted by molar-refractivity contribution is -0.133. The third-order valence-electron chi connectivity index (χ3n) is 4.73. The Kier molecular flexibility index (Phi) is 4.63. The summed E-state index contributed by atoms with van der Waals surface area (Å²) in [6, 6.07) is 7.50. The van der Waals surface area contributed by atoms with Gasteiger partial charge in [-0.25, -0.2) is 0 Å². The van der Waals surface area contributed by atoms with Crippen LogP contribution in [0.25, 0.3) is 0 Å². The van der Waals surface area contributed by atoms with Crippen molar-refractivity contribution in [1.29, 1.82) is 0 Å². The Labute approximate surface area is 138 Å². The first-order valence-corrected chi connectivity index (χ1v) is 7.81. The average molecular weight is 319 g/mol. The van der Waals surface area contributed by atoms with Gasteiger partial charge in [0.05, 0.1) is 11.2 Å². The molecule has 2 rings (SSSR count). The third-order valence-corrected chi connectivity index (χ3v) is 4.73. The van der Waals surface area contributed by atoms with Gasteiger partial charge in [0, 0.05) is 12.8 Å². The largest absolute Gasteiger partial charge is 0.494 e. The first kappa shape index (κ1) is 18.0. The highest BCUT2D eigenvalue weighted by molar-refractivity contribution is 6.62. The van der Waals surface area contributed by atoms with Crippen LogP contribution in [-0.2, 0) is 18.8 Å². The molecule has 1 aliphatic rings. The maximum Gasteiger partial charge on any atom is 0.494 e. The fraction of sp³-hybridized carbons (Fsp3) is 0.588. The Balaban J connectivity index is 2.17. The number of nitrogens with one attached hydrogen (secondary N) is 1. The van der Waals surface area contributed by atoms with Crippen molar-refractivity contribution in [3.05, 3.63) is 24.3 Å². The molecule has 1 N–H and O–H groups in total. The van der Waals surface area contributed by atoms with E-state index in [0.29, 0.717) is 5.69 Å². The smallest absolute Gasteiger partial charge is 0.399 e. The molecule has 6 heteroatoms. The second kappa shape index (κ2) is 5.93. The van der Waals surface area contributed by atoms with Crippen LogP contribution in [0.2, 0.25) is 0 Å². The normalized spacial score (nSPS) is 19.7. The zero-order valence-corrected chi connectivity index (χ0v) is 15.0. The van der Waals surface area contributed by atoms with Crippen LogP contribution >= 0.6 is 0 Å². The van der Waals surface area contributed by atoms with E-state index in [-0.39, 0.29) is 5.91 Å². The van der Waals surface area contributed by atoms with E-state index in [9.17, 15) is 4.79 Å². The number of carbonyl (C=O) groups excluding carboxylic acids is 1. The van der Waals surface area contributed by atoms with Crippen LogP contribution in [0.5, 0.6) is 0 Å². The first-order valence-electron chi connectivity index (χ1n) is 7.81. The van der Waals surface area contributed by atoms with Crippen LogP contribution in [0, 0.1) is 0 Å². The van der Waals surface area contributed by atoms with Gasteiger partial charge in [-0.3, -0.25) is 4.79 Å². The van der Waals surface area contributed by atoms with E-state index in [4.69, 9.17) is 14.0 Å². The van der Waals surface area contributed by atoms with Crippen molar-refractivity contribution in [3.8, 4) is 0 Å². The zero-order valence-electron chi connectivity index (χ0n) is 15.0. The van der Waals surface area contributed by atoms with E-state index in [2.05, 4.69) is 5.32 Å². The lowest BCUT2D eigenvalue weighted by Gasteiger charge is -2.32. The number of ether oxygens (including phenoxy) is 1. The van der Waals surface area contributed by atoms with Crippen LogP contribution in [0.3, 0.4) is 0 Å². The molecule has 0 saturated carbocycles. The lowest BCUT2D eigenvalue weighted by atomic mass is 9.79. The van der Waals surface area contributed by atoms with Gasteiger partial charge in [0.25, 0.3) is 5.91 Å². The highest BCUT2D eigenvalue weighted by Gasteiger charge is 2.51. The predicted octanol–water partition coefficient (Wildman–Crippen LogP) is 2.35. The van der Waals surface area contributed by atoms with Gasteiger partial charge in [-0.2, -0.15) is 0 Å². The van der Waals surface area contributed by atoms with Gasteiger partial charge in [-0.15, -0.1) is 0 Å².